The summed E-state index contributed by atoms with van der Waals surface area (Å²) in [5.74, 6) is 0.816. The molecule has 2 heteroatoms. The van der Waals surface area contributed by atoms with E-state index in [1.54, 1.807) is 11.3 Å². The van der Waals surface area contributed by atoms with Crippen LogP contribution in [0.3, 0.4) is 0 Å². The van der Waals surface area contributed by atoms with Gasteiger partial charge in [0.2, 0.25) is 0 Å². The van der Waals surface area contributed by atoms with Crippen LogP contribution in [0.25, 0.3) is 0 Å². The predicted molar refractivity (Wildman–Crippen MR) is 39.9 cm³/mol. The summed E-state index contributed by atoms with van der Waals surface area (Å²) in [4.78, 5) is 0. The Bertz CT molecular complexity index is 177. The number of hydrogen-bond acceptors (Lipinski definition) is 2. The van der Waals surface area contributed by atoms with Crippen LogP contribution in [-0.2, 0) is 0 Å². The second-order valence-corrected chi connectivity index (χ2v) is 3.19. The zero-order valence-electron chi connectivity index (χ0n) is 5.13. The summed E-state index contributed by atoms with van der Waals surface area (Å²) in [6.45, 7) is 2.35. The quantitative estimate of drug-likeness (QED) is 0.620. The van der Waals surface area contributed by atoms with Gasteiger partial charge in [-0.15, -0.1) is 0 Å². The Kier molecular flexibility index (Phi) is 1.28. The fourth-order valence-corrected chi connectivity index (χ4v) is 1.77. The lowest BCUT2D eigenvalue weighted by Crippen LogP contribution is -2.39. The van der Waals surface area contributed by atoms with Gasteiger partial charge in [-0.05, 0) is 22.4 Å². The average Bonchev–Trinajstić information content (AvgIpc) is 2.11. The highest BCUT2D eigenvalue weighted by Gasteiger charge is 2.18. The van der Waals surface area contributed by atoms with E-state index in [1.165, 1.54) is 18.7 Å². The Hall–Kier alpha value is -0.340. The highest BCUT2D eigenvalue weighted by molar-refractivity contribution is 7.07. The molecule has 2 rings (SSSR count). The molecule has 1 aliphatic rings. The number of rotatable bonds is 1. The fourth-order valence-electron chi connectivity index (χ4n) is 1.03. The standard InChI is InChI=1S/C7H9NS/c1-2-9-5-6(1)7-3-8-4-7/h1-2,5,7-8H,3-4H2. The summed E-state index contributed by atoms with van der Waals surface area (Å²) in [5.41, 5.74) is 1.51. The van der Waals surface area contributed by atoms with Crippen molar-refractivity contribution in [1.29, 1.82) is 0 Å². The molecule has 0 aromatic carbocycles. The van der Waals surface area contributed by atoms with E-state index in [1.807, 2.05) is 0 Å². The highest BCUT2D eigenvalue weighted by atomic mass is 32.1. The van der Waals surface area contributed by atoms with E-state index in [4.69, 9.17) is 0 Å². The zero-order valence-corrected chi connectivity index (χ0v) is 5.95. The van der Waals surface area contributed by atoms with Crippen molar-refractivity contribution in [1.82, 2.24) is 5.32 Å². The molecule has 0 radical (unpaired) electrons. The van der Waals surface area contributed by atoms with Gasteiger partial charge in [-0.25, -0.2) is 0 Å². The Balaban J connectivity index is 2.14. The maximum absolute atomic E-state index is 3.25. The summed E-state index contributed by atoms with van der Waals surface area (Å²) in [7, 11) is 0. The van der Waals surface area contributed by atoms with Gasteiger partial charge in [0.1, 0.15) is 0 Å². The van der Waals surface area contributed by atoms with E-state index in [2.05, 4.69) is 22.1 Å². The van der Waals surface area contributed by atoms with Gasteiger partial charge in [0, 0.05) is 19.0 Å². The van der Waals surface area contributed by atoms with Gasteiger partial charge in [-0.3, -0.25) is 0 Å². The maximum Gasteiger partial charge on any atom is 0.00967 e. The van der Waals surface area contributed by atoms with Gasteiger partial charge in [-0.2, -0.15) is 11.3 Å². The van der Waals surface area contributed by atoms with Crippen LogP contribution in [0.5, 0.6) is 0 Å². The van der Waals surface area contributed by atoms with Crippen molar-refractivity contribution in [3.63, 3.8) is 0 Å². The molecular weight excluding hydrogens is 130 g/mol. The van der Waals surface area contributed by atoms with E-state index in [9.17, 15) is 0 Å². The molecule has 1 aromatic heterocycles. The minimum atomic E-state index is 0.816. The van der Waals surface area contributed by atoms with Crippen molar-refractivity contribution >= 4 is 11.3 Å². The van der Waals surface area contributed by atoms with Gasteiger partial charge in [-0.1, -0.05) is 0 Å². The molecule has 0 saturated carbocycles. The first kappa shape index (κ1) is 5.45. The van der Waals surface area contributed by atoms with E-state index in [0.717, 1.165) is 5.92 Å². The molecular formula is C7H9NS. The molecule has 1 nitrogen and oxygen atoms in total. The third kappa shape index (κ3) is 0.884. The topological polar surface area (TPSA) is 12.0 Å². The summed E-state index contributed by atoms with van der Waals surface area (Å²) in [6, 6.07) is 2.22. The second-order valence-electron chi connectivity index (χ2n) is 2.41. The molecule has 1 aliphatic heterocycles. The minimum absolute atomic E-state index is 0.816. The van der Waals surface area contributed by atoms with Crippen LogP contribution in [-0.4, -0.2) is 13.1 Å². The molecule has 2 heterocycles. The highest BCUT2D eigenvalue weighted by Crippen LogP contribution is 2.21. The van der Waals surface area contributed by atoms with Crippen LogP contribution in [0, 0.1) is 0 Å². The molecule has 1 aromatic rings. The van der Waals surface area contributed by atoms with Crippen LogP contribution in [0.2, 0.25) is 0 Å². The molecule has 0 bridgehead atoms. The van der Waals surface area contributed by atoms with Crippen LogP contribution in [0.1, 0.15) is 11.5 Å². The number of hydrogen-bond donors (Lipinski definition) is 1. The molecule has 0 atom stereocenters. The van der Waals surface area contributed by atoms with Crippen LogP contribution in [0.4, 0.5) is 0 Å². The molecule has 1 fully saturated rings. The van der Waals surface area contributed by atoms with Gasteiger partial charge < -0.3 is 5.32 Å². The van der Waals surface area contributed by atoms with Crippen molar-refractivity contribution in [2.24, 2.45) is 0 Å². The molecule has 9 heavy (non-hydrogen) atoms. The SMILES string of the molecule is c1cc(C2CNC2)cs1. The fraction of sp³-hybridized carbons (Fsp3) is 0.429. The zero-order chi connectivity index (χ0) is 6.10. The van der Waals surface area contributed by atoms with Crippen molar-refractivity contribution in [2.45, 2.75) is 5.92 Å². The third-order valence-corrected chi connectivity index (χ3v) is 2.50. The van der Waals surface area contributed by atoms with Crippen molar-refractivity contribution in [3.05, 3.63) is 22.4 Å². The minimum Gasteiger partial charge on any atom is -0.315 e. The Morgan fingerprint density at radius 3 is 2.89 bits per heavy atom. The van der Waals surface area contributed by atoms with E-state index < -0.39 is 0 Å². The van der Waals surface area contributed by atoms with Crippen molar-refractivity contribution in [2.75, 3.05) is 13.1 Å². The summed E-state index contributed by atoms with van der Waals surface area (Å²) in [5, 5.41) is 7.64. The average molecular weight is 139 g/mol. The first-order valence-electron chi connectivity index (χ1n) is 3.19. The molecule has 0 spiro atoms. The summed E-state index contributed by atoms with van der Waals surface area (Å²) < 4.78 is 0. The van der Waals surface area contributed by atoms with Crippen LogP contribution < -0.4 is 5.32 Å². The Morgan fingerprint density at radius 1 is 1.56 bits per heavy atom. The predicted octanol–water partition coefficient (Wildman–Crippen LogP) is 1.43. The third-order valence-electron chi connectivity index (χ3n) is 1.80. The summed E-state index contributed by atoms with van der Waals surface area (Å²) in [6.07, 6.45) is 0. The normalized spacial score (nSPS) is 19.6. The number of nitrogens with one attached hydrogen (secondary N) is 1. The monoisotopic (exact) mass is 139 g/mol. The molecule has 1 N–H and O–H groups in total. The first-order valence-corrected chi connectivity index (χ1v) is 4.14. The summed E-state index contributed by atoms with van der Waals surface area (Å²) >= 11 is 1.79. The first-order chi connectivity index (χ1) is 4.47. The lowest BCUT2D eigenvalue weighted by atomic mass is 9.97. The van der Waals surface area contributed by atoms with Crippen LogP contribution >= 0.6 is 11.3 Å². The van der Waals surface area contributed by atoms with Gasteiger partial charge in [0.25, 0.3) is 0 Å². The smallest absolute Gasteiger partial charge is 0.00967 e. The Morgan fingerprint density at radius 2 is 2.44 bits per heavy atom. The lowest BCUT2D eigenvalue weighted by Gasteiger charge is -2.26. The lowest BCUT2D eigenvalue weighted by molar-refractivity contribution is 0.449. The van der Waals surface area contributed by atoms with E-state index in [-0.39, 0.29) is 0 Å². The van der Waals surface area contributed by atoms with Gasteiger partial charge >= 0.3 is 0 Å². The molecule has 0 aliphatic carbocycles. The maximum atomic E-state index is 3.25. The van der Waals surface area contributed by atoms with E-state index in [0.29, 0.717) is 0 Å². The Labute approximate surface area is 58.7 Å². The second kappa shape index (κ2) is 2.12. The van der Waals surface area contributed by atoms with Crippen molar-refractivity contribution < 1.29 is 0 Å². The largest absolute Gasteiger partial charge is 0.315 e. The molecule has 48 valence electrons. The molecule has 0 amide bonds. The van der Waals surface area contributed by atoms with Crippen molar-refractivity contribution in [3.8, 4) is 0 Å². The van der Waals surface area contributed by atoms with Gasteiger partial charge in [0.15, 0.2) is 0 Å². The number of thiophene rings is 1. The van der Waals surface area contributed by atoms with Gasteiger partial charge in [0.05, 0.1) is 0 Å². The molecule has 1 saturated heterocycles. The van der Waals surface area contributed by atoms with E-state index >= 15 is 0 Å². The molecule has 0 unspecified atom stereocenters. The van der Waals surface area contributed by atoms with Crippen LogP contribution in [0.15, 0.2) is 16.8 Å².